The van der Waals surface area contributed by atoms with Crippen molar-refractivity contribution in [2.45, 2.75) is 38.3 Å². The molecule has 156 valence electrons. The van der Waals surface area contributed by atoms with E-state index in [0.717, 1.165) is 50.3 Å². The molecule has 0 spiro atoms. The summed E-state index contributed by atoms with van der Waals surface area (Å²) in [5, 5.41) is 2.95. The Bertz CT molecular complexity index is 915. The maximum Gasteiger partial charge on any atom is 0.253 e. The van der Waals surface area contributed by atoms with E-state index in [0.29, 0.717) is 35.9 Å². The van der Waals surface area contributed by atoms with E-state index >= 15 is 0 Å². The Hall–Kier alpha value is -2.89. The summed E-state index contributed by atoms with van der Waals surface area (Å²) in [6.07, 6.45) is 5.76. The zero-order valence-corrected chi connectivity index (χ0v) is 17.2. The van der Waals surface area contributed by atoms with Gasteiger partial charge in [0.15, 0.2) is 0 Å². The lowest BCUT2D eigenvalue weighted by molar-refractivity contribution is -0.142. The summed E-state index contributed by atoms with van der Waals surface area (Å²) in [5.74, 6) is 2.21. The van der Waals surface area contributed by atoms with Gasteiger partial charge in [-0.15, -0.1) is 0 Å². The Kier molecular flexibility index (Phi) is 5.15. The molecule has 1 aromatic heterocycles. The van der Waals surface area contributed by atoms with Gasteiger partial charge in [-0.3, -0.25) is 9.59 Å². The Morgan fingerprint density at radius 2 is 1.97 bits per heavy atom. The first-order chi connectivity index (χ1) is 14.7. The van der Waals surface area contributed by atoms with E-state index in [1.165, 1.54) is 6.42 Å². The number of hydrogen-bond acceptors (Lipinski definition) is 4. The van der Waals surface area contributed by atoms with Gasteiger partial charge in [-0.25, -0.2) is 4.98 Å². The summed E-state index contributed by atoms with van der Waals surface area (Å²) in [7, 11) is 0. The molecule has 30 heavy (non-hydrogen) atoms. The predicted octanol–water partition coefficient (Wildman–Crippen LogP) is 2.85. The van der Waals surface area contributed by atoms with Crippen molar-refractivity contribution in [3.05, 3.63) is 59.8 Å². The van der Waals surface area contributed by atoms with Crippen molar-refractivity contribution in [3.8, 4) is 0 Å². The molecule has 0 aliphatic carbocycles. The van der Waals surface area contributed by atoms with Gasteiger partial charge in [0, 0.05) is 44.8 Å². The van der Waals surface area contributed by atoms with Crippen molar-refractivity contribution in [2.24, 2.45) is 11.8 Å². The highest BCUT2D eigenvalue weighted by atomic mass is 16.2. The molecule has 1 aromatic carbocycles. The molecule has 3 atom stereocenters. The van der Waals surface area contributed by atoms with Crippen LogP contribution in [0, 0.1) is 11.8 Å². The van der Waals surface area contributed by atoms with Crippen LogP contribution in [0.1, 0.15) is 41.6 Å². The van der Waals surface area contributed by atoms with E-state index in [1.54, 1.807) is 6.20 Å². The second-order valence-corrected chi connectivity index (χ2v) is 8.85. The molecule has 3 aliphatic heterocycles. The van der Waals surface area contributed by atoms with Crippen molar-refractivity contribution in [1.29, 1.82) is 0 Å². The topological polar surface area (TPSA) is 65.5 Å². The minimum atomic E-state index is -0.107. The van der Waals surface area contributed by atoms with Gasteiger partial charge in [0.2, 0.25) is 5.91 Å². The molecule has 2 aromatic rings. The Labute approximate surface area is 177 Å². The molecule has 0 saturated carbocycles. The lowest BCUT2D eigenvalue weighted by Crippen LogP contribution is -2.60. The van der Waals surface area contributed by atoms with Gasteiger partial charge < -0.3 is 15.1 Å². The molecule has 0 unspecified atom stereocenters. The number of piperidine rings is 3. The molecule has 3 fully saturated rings. The number of fused-ring (bicyclic) bond motifs is 4. The molecule has 4 heterocycles. The van der Waals surface area contributed by atoms with Crippen LogP contribution in [0.3, 0.4) is 0 Å². The summed E-state index contributed by atoms with van der Waals surface area (Å²) < 4.78 is 0. The number of hydrogen-bond donors (Lipinski definition) is 1. The minimum absolute atomic E-state index is 0.107. The van der Waals surface area contributed by atoms with E-state index < -0.39 is 0 Å². The molecule has 5 rings (SSSR count). The van der Waals surface area contributed by atoms with Crippen molar-refractivity contribution < 1.29 is 9.59 Å². The number of carbonyl (C=O) groups is 2. The van der Waals surface area contributed by atoms with Gasteiger partial charge in [-0.05, 0) is 48.8 Å². The number of nitrogens with one attached hydrogen (secondary N) is 1. The summed E-state index contributed by atoms with van der Waals surface area (Å²) in [6.45, 7) is 3.26. The standard InChI is InChI=1S/C24H28N4O2/c29-23-8-4-7-21-20-11-18(15-28(21)23)14-27(16-20)22-10-9-19(13-25-22)24(30)26-12-17-5-2-1-3-6-17/h1-3,5-6,9-10,13,18,20-21H,4,7-8,11-12,14-16H2,(H,26,30)/t18-,20-,21-/m1/s1. The Morgan fingerprint density at radius 1 is 1.10 bits per heavy atom. The van der Waals surface area contributed by atoms with E-state index in [-0.39, 0.29) is 5.91 Å². The van der Waals surface area contributed by atoms with Crippen molar-refractivity contribution in [1.82, 2.24) is 15.2 Å². The van der Waals surface area contributed by atoms with Crippen LogP contribution >= 0.6 is 0 Å². The SMILES string of the molecule is O=C(NCc1ccccc1)c1ccc(N2C[C@H]3C[C@H](C2)[C@H]2CCCC(=O)N2C3)nc1. The Morgan fingerprint density at radius 3 is 2.77 bits per heavy atom. The molecule has 1 N–H and O–H groups in total. The first-order valence-corrected chi connectivity index (χ1v) is 11.0. The van der Waals surface area contributed by atoms with Gasteiger partial charge in [-0.2, -0.15) is 0 Å². The summed E-state index contributed by atoms with van der Waals surface area (Å²) in [6, 6.07) is 14.1. The van der Waals surface area contributed by atoms with Gasteiger partial charge >= 0.3 is 0 Å². The van der Waals surface area contributed by atoms with Crippen LogP contribution < -0.4 is 10.2 Å². The number of pyridine rings is 1. The van der Waals surface area contributed by atoms with Crippen molar-refractivity contribution in [3.63, 3.8) is 0 Å². The van der Waals surface area contributed by atoms with Gasteiger partial charge in [0.05, 0.1) is 5.56 Å². The average molecular weight is 405 g/mol. The van der Waals surface area contributed by atoms with Crippen LogP contribution in [-0.2, 0) is 11.3 Å². The zero-order chi connectivity index (χ0) is 20.5. The fourth-order valence-corrected chi connectivity index (χ4v) is 5.38. The largest absolute Gasteiger partial charge is 0.356 e. The van der Waals surface area contributed by atoms with Crippen LogP contribution in [0.4, 0.5) is 5.82 Å². The second-order valence-electron chi connectivity index (χ2n) is 8.85. The number of amides is 2. The summed E-state index contributed by atoms with van der Waals surface area (Å²) >= 11 is 0. The number of aromatic nitrogens is 1. The van der Waals surface area contributed by atoms with Crippen LogP contribution in [-0.4, -0.2) is 47.4 Å². The third-order valence-corrected chi connectivity index (χ3v) is 6.81. The number of carbonyl (C=O) groups excluding carboxylic acids is 2. The number of benzene rings is 1. The van der Waals surface area contributed by atoms with Gasteiger partial charge in [0.25, 0.3) is 5.91 Å². The summed E-state index contributed by atoms with van der Waals surface area (Å²) in [5.41, 5.74) is 1.65. The first-order valence-electron chi connectivity index (χ1n) is 11.0. The molecule has 6 nitrogen and oxygen atoms in total. The van der Waals surface area contributed by atoms with Crippen LogP contribution in [0.15, 0.2) is 48.7 Å². The second kappa shape index (κ2) is 8.09. The number of nitrogens with zero attached hydrogens (tertiary/aromatic N) is 3. The van der Waals surface area contributed by atoms with Crippen LogP contribution in [0.5, 0.6) is 0 Å². The van der Waals surface area contributed by atoms with E-state index in [4.69, 9.17) is 0 Å². The number of anilines is 1. The fraction of sp³-hybridized carbons (Fsp3) is 0.458. The molecular weight excluding hydrogens is 376 g/mol. The van der Waals surface area contributed by atoms with Gasteiger partial charge in [0.1, 0.15) is 5.82 Å². The monoisotopic (exact) mass is 404 g/mol. The number of rotatable bonds is 4. The molecule has 2 bridgehead atoms. The van der Waals surface area contributed by atoms with Crippen LogP contribution in [0.2, 0.25) is 0 Å². The van der Waals surface area contributed by atoms with E-state index in [1.807, 2.05) is 42.5 Å². The highest BCUT2D eigenvalue weighted by Crippen LogP contribution is 2.38. The van der Waals surface area contributed by atoms with Gasteiger partial charge in [-0.1, -0.05) is 30.3 Å². The van der Waals surface area contributed by atoms with E-state index in [9.17, 15) is 9.59 Å². The minimum Gasteiger partial charge on any atom is -0.356 e. The third kappa shape index (κ3) is 3.78. The maximum absolute atomic E-state index is 12.5. The molecule has 2 amide bonds. The smallest absolute Gasteiger partial charge is 0.253 e. The molecule has 0 radical (unpaired) electrons. The quantitative estimate of drug-likeness (QED) is 0.851. The van der Waals surface area contributed by atoms with Crippen molar-refractivity contribution in [2.75, 3.05) is 24.5 Å². The molecular formula is C24H28N4O2. The van der Waals surface area contributed by atoms with Crippen LogP contribution in [0.25, 0.3) is 0 Å². The first kappa shape index (κ1) is 19.1. The predicted molar refractivity (Wildman–Crippen MR) is 115 cm³/mol. The highest BCUT2D eigenvalue weighted by molar-refractivity contribution is 5.94. The maximum atomic E-state index is 12.5. The van der Waals surface area contributed by atoms with Crippen molar-refractivity contribution >= 4 is 17.6 Å². The average Bonchev–Trinajstić information content (AvgIpc) is 2.79. The lowest BCUT2D eigenvalue weighted by atomic mass is 9.76. The molecule has 3 saturated heterocycles. The Balaban J connectivity index is 1.23. The normalized spacial score (nSPS) is 25.6. The fourth-order valence-electron chi connectivity index (χ4n) is 5.38. The highest BCUT2D eigenvalue weighted by Gasteiger charge is 2.44. The van der Waals surface area contributed by atoms with E-state index in [2.05, 4.69) is 20.1 Å². The lowest BCUT2D eigenvalue weighted by Gasteiger charge is -2.52. The summed E-state index contributed by atoms with van der Waals surface area (Å²) in [4.78, 5) is 33.9. The molecule has 6 heteroatoms. The third-order valence-electron chi connectivity index (χ3n) is 6.81. The molecule has 3 aliphatic rings. The zero-order valence-electron chi connectivity index (χ0n) is 17.2.